The number of hydrogen-bond donors (Lipinski definition) is 0. The van der Waals surface area contributed by atoms with Gasteiger partial charge in [-0.25, -0.2) is 14.8 Å². The Kier molecular flexibility index (Phi) is 13.5. The van der Waals surface area contributed by atoms with Crippen LogP contribution in [0.5, 0.6) is 11.5 Å². The van der Waals surface area contributed by atoms with Crippen molar-refractivity contribution in [2.24, 2.45) is 11.3 Å². The molecule has 1 amide bonds. The second-order valence-electron chi connectivity index (χ2n) is 18.6. The third kappa shape index (κ3) is 10.6. The molecule has 4 aliphatic rings. The lowest BCUT2D eigenvalue weighted by atomic mass is 9.71. The molecule has 5 heterocycles. The quantitative estimate of drug-likeness (QED) is 0.165. The number of nitrogens with zero attached hydrogens (tertiary/aromatic N) is 7. The Morgan fingerprint density at radius 2 is 1.61 bits per heavy atom. The zero-order chi connectivity index (χ0) is 41.8. The highest BCUT2D eigenvalue weighted by Gasteiger charge is 2.46. The fraction of sp³-hybridized carbons (Fsp3) is 0.609. The number of hydrogen-bond acceptors (Lipinski definition) is 10. The molecule has 1 aromatic heterocycles. The molecule has 1 spiro atoms. The van der Waals surface area contributed by atoms with Crippen LogP contribution in [0.1, 0.15) is 95.5 Å². The van der Waals surface area contributed by atoms with Gasteiger partial charge < -0.3 is 33.8 Å². The minimum absolute atomic E-state index is 0.168. The van der Waals surface area contributed by atoms with E-state index < -0.39 is 11.0 Å². The van der Waals surface area contributed by atoms with Crippen molar-refractivity contribution in [3.63, 3.8) is 0 Å². The molecule has 0 aliphatic carbocycles. The lowest BCUT2D eigenvalue weighted by molar-refractivity contribution is 0.0129. The van der Waals surface area contributed by atoms with Crippen LogP contribution in [0.3, 0.4) is 0 Å². The van der Waals surface area contributed by atoms with E-state index in [-0.39, 0.29) is 12.7 Å². The number of rotatable bonds is 12. The van der Waals surface area contributed by atoms with Gasteiger partial charge in [-0.3, -0.25) is 0 Å². The lowest BCUT2D eigenvalue weighted by Gasteiger charge is -2.55. The van der Waals surface area contributed by atoms with Crippen molar-refractivity contribution in [1.82, 2.24) is 24.7 Å². The number of aromatic nitrogens is 2. The number of anilines is 1. The fourth-order valence-electron chi connectivity index (χ4n) is 9.28. The Morgan fingerprint density at radius 1 is 0.915 bits per heavy atom. The molecule has 4 fully saturated rings. The highest BCUT2D eigenvalue weighted by atomic mass is 35.5. The molecule has 0 unspecified atom stereocenters. The highest BCUT2D eigenvalue weighted by molar-refractivity contribution is 6.32. The second-order valence-corrected chi connectivity index (χ2v) is 19.4. The van der Waals surface area contributed by atoms with E-state index in [1.165, 1.54) is 51.9 Å². The summed E-state index contributed by atoms with van der Waals surface area (Å²) in [7, 11) is 0. The Bertz CT molecular complexity index is 1930. The van der Waals surface area contributed by atoms with Crippen LogP contribution in [0.2, 0.25) is 5.02 Å². The standard InChI is InChI=1S/C46H61Cl2N7O4/c1-44(2,3)59-43(56)54-21-11-33(12-22-54)29-52-19-13-38(14-20-52)53-23-15-46(16-24-53)31-55(32-46)42-50-18-10-37(51-42)30-58-39-8-6-35(7-9-39)45(4,5)36-26-34(28-49)41(40(48)27-36)57-25-17-47/h6-10,18,26-27,33,38H,11-17,19-25,29-32H2,1-5H3. The Hall–Kier alpha value is -3.82. The minimum Gasteiger partial charge on any atom is -0.489 e. The van der Waals surface area contributed by atoms with E-state index in [1.807, 2.05) is 62.2 Å². The molecule has 0 N–H and O–H groups in total. The van der Waals surface area contributed by atoms with E-state index in [2.05, 4.69) is 51.7 Å². The number of ether oxygens (including phenoxy) is 3. The van der Waals surface area contributed by atoms with Gasteiger partial charge in [-0.2, -0.15) is 5.26 Å². The van der Waals surface area contributed by atoms with Crippen molar-refractivity contribution in [2.45, 2.75) is 96.8 Å². The lowest BCUT2D eigenvalue weighted by Crippen LogP contribution is -2.62. The number of nitriles is 1. The third-order valence-corrected chi connectivity index (χ3v) is 13.4. The average Bonchev–Trinajstić information content (AvgIpc) is 3.21. The number of carbonyl (C=O) groups excluding carboxylic acids is 1. The van der Waals surface area contributed by atoms with Crippen molar-refractivity contribution >= 4 is 35.2 Å². The van der Waals surface area contributed by atoms with E-state index in [0.717, 1.165) is 74.1 Å². The van der Waals surface area contributed by atoms with Crippen molar-refractivity contribution in [3.8, 4) is 17.6 Å². The first-order valence-corrected chi connectivity index (χ1v) is 22.3. The van der Waals surface area contributed by atoms with Gasteiger partial charge >= 0.3 is 6.09 Å². The van der Waals surface area contributed by atoms with E-state index in [0.29, 0.717) is 46.2 Å². The number of likely N-dealkylation sites (tertiary alicyclic amines) is 3. The summed E-state index contributed by atoms with van der Waals surface area (Å²) in [6.45, 7) is 20.1. The van der Waals surface area contributed by atoms with Crippen LogP contribution in [-0.2, 0) is 16.8 Å². The molecule has 11 nitrogen and oxygen atoms in total. The van der Waals surface area contributed by atoms with Gasteiger partial charge in [-0.1, -0.05) is 37.6 Å². The second kappa shape index (κ2) is 18.4. The predicted molar refractivity (Wildman–Crippen MR) is 233 cm³/mol. The fourth-order valence-corrected chi connectivity index (χ4v) is 9.63. The summed E-state index contributed by atoms with van der Waals surface area (Å²) in [5, 5.41) is 10.2. The first kappa shape index (κ1) is 43.3. The SMILES string of the molecule is CC(C)(C)OC(=O)N1CCC(CN2CCC(N3CCC4(CC3)CN(c3nccc(COc5ccc(C(C)(C)c6cc(Cl)c(OCCCl)c(C#N)c6)cc5)n3)C4)CC2)CC1. The smallest absolute Gasteiger partial charge is 0.410 e. The highest BCUT2D eigenvalue weighted by Crippen LogP contribution is 2.43. The van der Waals surface area contributed by atoms with Crippen molar-refractivity contribution < 1.29 is 19.0 Å². The molecule has 7 rings (SSSR count). The number of halogens is 2. The monoisotopic (exact) mass is 845 g/mol. The van der Waals surface area contributed by atoms with Gasteiger partial charge in [-0.15, -0.1) is 11.6 Å². The van der Waals surface area contributed by atoms with Crippen LogP contribution in [0.4, 0.5) is 10.7 Å². The number of carbonyl (C=O) groups is 1. The molecule has 0 radical (unpaired) electrons. The summed E-state index contributed by atoms with van der Waals surface area (Å²) in [6, 6.07) is 16.6. The first-order chi connectivity index (χ1) is 28.2. The van der Waals surface area contributed by atoms with Gasteiger partial charge in [0, 0.05) is 55.8 Å². The maximum absolute atomic E-state index is 12.5. The van der Waals surface area contributed by atoms with Crippen LogP contribution < -0.4 is 14.4 Å². The van der Waals surface area contributed by atoms with E-state index >= 15 is 0 Å². The van der Waals surface area contributed by atoms with Gasteiger partial charge in [-0.05, 0) is 133 Å². The number of piperidine rings is 3. The van der Waals surface area contributed by atoms with Gasteiger partial charge in [0.05, 0.1) is 22.2 Å². The molecular formula is C46H61Cl2N7O4. The largest absolute Gasteiger partial charge is 0.489 e. The molecule has 3 aromatic rings. The molecule has 318 valence electrons. The number of alkyl halides is 1. The van der Waals surface area contributed by atoms with Crippen LogP contribution in [-0.4, -0.2) is 114 Å². The van der Waals surface area contributed by atoms with Crippen molar-refractivity contribution in [2.75, 3.05) is 76.3 Å². The zero-order valence-corrected chi connectivity index (χ0v) is 37.0. The summed E-state index contributed by atoms with van der Waals surface area (Å²) >= 11 is 12.3. The molecule has 13 heteroatoms. The van der Waals surface area contributed by atoms with Crippen molar-refractivity contribution in [3.05, 3.63) is 76.1 Å². The molecule has 2 aromatic carbocycles. The maximum atomic E-state index is 12.5. The summed E-state index contributed by atoms with van der Waals surface area (Å²) in [6.07, 6.45) is 8.77. The van der Waals surface area contributed by atoms with Crippen LogP contribution in [0, 0.1) is 22.7 Å². The molecular weight excluding hydrogens is 785 g/mol. The topological polar surface area (TPSA) is 107 Å². The van der Waals surface area contributed by atoms with Crippen LogP contribution in [0.15, 0.2) is 48.7 Å². The molecule has 59 heavy (non-hydrogen) atoms. The van der Waals surface area contributed by atoms with Crippen molar-refractivity contribution in [1.29, 1.82) is 5.26 Å². The average molecular weight is 847 g/mol. The van der Waals surface area contributed by atoms with E-state index in [9.17, 15) is 10.1 Å². The maximum Gasteiger partial charge on any atom is 0.410 e. The third-order valence-electron chi connectivity index (χ3n) is 12.9. The predicted octanol–water partition coefficient (Wildman–Crippen LogP) is 8.54. The van der Waals surface area contributed by atoms with Gasteiger partial charge in [0.2, 0.25) is 5.95 Å². The molecule has 4 aliphatic heterocycles. The Morgan fingerprint density at radius 3 is 2.25 bits per heavy atom. The number of amides is 1. The summed E-state index contributed by atoms with van der Waals surface area (Å²) in [5.74, 6) is 2.88. The van der Waals surface area contributed by atoms with Crippen LogP contribution >= 0.6 is 23.2 Å². The Labute approximate surface area is 360 Å². The molecule has 0 bridgehead atoms. The molecule has 0 atom stereocenters. The van der Waals surface area contributed by atoms with E-state index in [1.54, 1.807) is 0 Å². The zero-order valence-electron chi connectivity index (χ0n) is 35.5. The summed E-state index contributed by atoms with van der Waals surface area (Å²) in [5.41, 5.74) is 2.71. The summed E-state index contributed by atoms with van der Waals surface area (Å²) < 4.78 is 17.4. The van der Waals surface area contributed by atoms with Gasteiger partial charge in [0.15, 0.2) is 5.75 Å². The van der Waals surface area contributed by atoms with E-state index in [4.69, 9.17) is 42.4 Å². The minimum atomic E-state index is -0.442. The first-order valence-electron chi connectivity index (χ1n) is 21.4. The van der Waals surface area contributed by atoms with Gasteiger partial charge in [0.25, 0.3) is 0 Å². The molecule has 0 saturated carbocycles. The van der Waals surface area contributed by atoms with Gasteiger partial charge in [0.1, 0.15) is 30.6 Å². The number of benzene rings is 2. The normalized spacial score (nSPS) is 19.6. The Balaban J connectivity index is 0.828. The van der Waals surface area contributed by atoms with Crippen LogP contribution in [0.25, 0.3) is 0 Å². The molecule has 4 saturated heterocycles. The summed E-state index contributed by atoms with van der Waals surface area (Å²) in [4.78, 5) is 31.7.